The third-order valence-corrected chi connectivity index (χ3v) is 8.06. The van der Waals surface area contributed by atoms with Crippen molar-refractivity contribution in [2.45, 2.75) is 109 Å². The van der Waals surface area contributed by atoms with Crippen molar-refractivity contribution in [3.8, 4) is 0 Å². The van der Waals surface area contributed by atoms with E-state index in [1.807, 2.05) is 32.6 Å². The zero-order valence-corrected chi connectivity index (χ0v) is 24.4. The van der Waals surface area contributed by atoms with Crippen molar-refractivity contribution >= 4 is 36.3 Å². The van der Waals surface area contributed by atoms with Gasteiger partial charge in [0, 0.05) is 36.7 Å². The number of amides is 2. The Kier molecular flexibility index (Phi) is 9.56. The van der Waals surface area contributed by atoms with E-state index in [2.05, 4.69) is 15.3 Å². The summed E-state index contributed by atoms with van der Waals surface area (Å²) in [7, 11) is -0.455. The quantitative estimate of drug-likeness (QED) is 0.233. The number of thioether (sulfide) groups is 1. The van der Waals surface area contributed by atoms with E-state index in [0.717, 1.165) is 55.1 Å². The van der Waals surface area contributed by atoms with Crippen LogP contribution in [-0.2, 0) is 18.8 Å². The van der Waals surface area contributed by atoms with Gasteiger partial charge < -0.3 is 24.3 Å². The minimum Gasteiger partial charge on any atom is -0.444 e. The summed E-state index contributed by atoms with van der Waals surface area (Å²) < 4.78 is 17.4. The molecule has 9 nitrogen and oxygen atoms in total. The summed E-state index contributed by atoms with van der Waals surface area (Å²) in [5, 5.41) is 3.40. The number of aromatic nitrogens is 2. The number of rotatable bonds is 8. The van der Waals surface area contributed by atoms with Crippen molar-refractivity contribution in [3.05, 3.63) is 12.4 Å². The normalized spacial score (nSPS) is 22.0. The van der Waals surface area contributed by atoms with Crippen LogP contribution in [-0.4, -0.2) is 75.7 Å². The Bertz CT molecular complexity index is 922. The van der Waals surface area contributed by atoms with Crippen LogP contribution in [0.25, 0.3) is 0 Å². The lowest BCUT2D eigenvalue weighted by molar-refractivity contribution is -0.134. The molecular formula is C26H43BN4O5S. The highest BCUT2D eigenvalue weighted by atomic mass is 32.2. The largest absolute Gasteiger partial charge is 0.498 e. The number of ether oxygens (including phenoxy) is 1. The van der Waals surface area contributed by atoms with E-state index in [-0.39, 0.29) is 5.91 Å². The summed E-state index contributed by atoms with van der Waals surface area (Å²) in [6, 6.07) is -0.610. The van der Waals surface area contributed by atoms with Crippen LogP contribution in [0.4, 0.5) is 4.79 Å². The topological polar surface area (TPSA) is 103 Å². The smallest absolute Gasteiger partial charge is 0.444 e. The van der Waals surface area contributed by atoms with Gasteiger partial charge in [-0.3, -0.25) is 4.79 Å². The minimum absolute atomic E-state index is 0.0552. The number of carbonyl (C=O) groups is 2. The Morgan fingerprint density at radius 3 is 2.43 bits per heavy atom. The van der Waals surface area contributed by atoms with Gasteiger partial charge in [0.1, 0.15) is 11.6 Å². The minimum atomic E-state index is -0.610. The lowest BCUT2D eigenvalue weighted by atomic mass is 9.81. The van der Waals surface area contributed by atoms with Crippen molar-refractivity contribution in [2.75, 3.05) is 18.8 Å². The number of alkyl carbamates (subject to hydrolysis) is 1. The van der Waals surface area contributed by atoms with Gasteiger partial charge in [-0.2, -0.15) is 0 Å². The van der Waals surface area contributed by atoms with Crippen molar-refractivity contribution in [1.29, 1.82) is 0 Å². The van der Waals surface area contributed by atoms with Gasteiger partial charge in [-0.25, -0.2) is 14.8 Å². The molecule has 2 atom stereocenters. The molecule has 1 N–H and O–H groups in total. The van der Waals surface area contributed by atoms with Crippen LogP contribution >= 0.6 is 11.8 Å². The predicted octanol–water partition coefficient (Wildman–Crippen LogP) is 3.80. The van der Waals surface area contributed by atoms with Crippen LogP contribution in [0, 0.1) is 5.92 Å². The third kappa shape index (κ3) is 8.32. The molecule has 11 heteroatoms. The lowest BCUT2D eigenvalue weighted by Gasteiger charge is -2.34. The molecule has 3 heterocycles. The Balaban J connectivity index is 1.39. The van der Waals surface area contributed by atoms with E-state index in [1.165, 1.54) is 0 Å². The first kappa shape index (κ1) is 29.7. The Hall–Kier alpha value is -1.85. The molecule has 2 saturated heterocycles. The maximum Gasteiger partial charge on any atom is 0.498 e. The Morgan fingerprint density at radius 1 is 1.22 bits per heavy atom. The van der Waals surface area contributed by atoms with Gasteiger partial charge in [0.05, 0.1) is 11.2 Å². The monoisotopic (exact) mass is 534 g/mol. The molecule has 2 aliphatic rings. The first-order chi connectivity index (χ1) is 17.2. The number of carbonyl (C=O) groups excluding carboxylic acids is 2. The van der Waals surface area contributed by atoms with Gasteiger partial charge in [-0.1, -0.05) is 11.8 Å². The first-order valence-corrected chi connectivity index (χ1v) is 14.2. The molecule has 0 aromatic carbocycles. The second-order valence-corrected chi connectivity index (χ2v) is 13.1. The zero-order chi connectivity index (χ0) is 27.4. The van der Waals surface area contributed by atoms with Crippen LogP contribution in [0.2, 0.25) is 0 Å². The third-order valence-electron chi connectivity index (χ3n) is 7.10. The molecule has 2 fully saturated rings. The highest BCUT2D eigenvalue weighted by Gasteiger charge is 2.52. The number of nitrogens with one attached hydrogen (secondary N) is 1. The van der Waals surface area contributed by atoms with Crippen LogP contribution in [0.5, 0.6) is 0 Å². The predicted molar refractivity (Wildman–Crippen MR) is 146 cm³/mol. The fraction of sp³-hybridized carbons (Fsp3) is 0.769. The van der Waals surface area contributed by atoms with Crippen LogP contribution in [0.3, 0.4) is 0 Å². The Morgan fingerprint density at radius 2 is 1.84 bits per heavy atom. The van der Waals surface area contributed by atoms with Gasteiger partial charge in [-0.15, -0.1) is 0 Å². The molecule has 206 valence electrons. The van der Waals surface area contributed by atoms with E-state index in [1.54, 1.807) is 51.9 Å². The van der Waals surface area contributed by atoms with Gasteiger partial charge in [-0.05, 0) is 87.0 Å². The maximum atomic E-state index is 12.9. The van der Waals surface area contributed by atoms with Crippen molar-refractivity contribution < 1.29 is 23.6 Å². The van der Waals surface area contributed by atoms with E-state index in [0.29, 0.717) is 5.92 Å². The molecule has 0 radical (unpaired) electrons. The number of likely N-dealkylation sites (tertiary alicyclic amines) is 1. The average Bonchev–Trinajstić information content (AvgIpc) is 3.02. The number of hydrogen-bond acceptors (Lipinski definition) is 8. The SMILES string of the molecule is C[C@H](NC(=O)OC(C)(C)C)C(=O)N1CCC[C@@H](CCCSc2ncc(B3OC(C)(C)C(C)(C)O3)cn2)C1. The summed E-state index contributed by atoms with van der Waals surface area (Å²) in [4.78, 5) is 35.8. The number of piperidine rings is 1. The second kappa shape index (κ2) is 11.9. The molecule has 0 saturated carbocycles. The van der Waals surface area contributed by atoms with Crippen molar-refractivity contribution in [1.82, 2.24) is 20.2 Å². The highest BCUT2D eigenvalue weighted by Crippen LogP contribution is 2.36. The second-order valence-electron chi connectivity index (χ2n) is 12.0. The molecular weight excluding hydrogens is 491 g/mol. The molecule has 1 aromatic heterocycles. The fourth-order valence-corrected chi connectivity index (χ4v) is 5.11. The van der Waals surface area contributed by atoms with Gasteiger partial charge in [0.15, 0.2) is 5.16 Å². The van der Waals surface area contributed by atoms with Crippen LogP contribution in [0.1, 0.15) is 81.1 Å². The van der Waals surface area contributed by atoms with Gasteiger partial charge in [0.25, 0.3) is 0 Å². The summed E-state index contributed by atoms with van der Waals surface area (Å²) in [6.45, 7) is 16.7. The highest BCUT2D eigenvalue weighted by molar-refractivity contribution is 7.99. The average molecular weight is 535 g/mol. The van der Waals surface area contributed by atoms with Crippen LogP contribution in [0.15, 0.2) is 17.6 Å². The van der Waals surface area contributed by atoms with E-state index in [4.69, 9.17) is 14.0 Å². The molecule has 1 aromatic rings. The van der Waals surface area contributed by atoms with Crippen LogP contribution < -0.4 is 10.8 Å². The summed E-state index contributed by atoms with van der Waals surface area (Å²) in [6.07, 6.45) is 7.16. The number of hydrogen-bond donors (Lipinski definition) is 1. The van der Waals surface area contributed by atoms with Gasteiger partial charge >= 0.3 is 13.2 Å². The first-order valence-electron chi connectivity index (χ1n) is 13.3. The van der Waals surface area contributed by atoms with E-state index in [9.17, 15) is 9.59 Å². The molecule has 0 spiro atoms. The molecule has 2 amide bonds. The molecule has 2 aliphatic heterocycles. The molecule has 0 unspecified atom stereocenters. The zero-order valence-electron chi connectivity index (χ0n) is 23.6. The van der Waals surface area contributed by atoms with Gasteiger partial charge in [0.2, 0.25) is 5.91 Å². The Labute approximate surface area is 226 Å². The summed E-state index contributed by atoms with van der Waals surface area (Å²) in [5.74, 6) is 1.32. The van der Waals surface area contributed by atoms with Crippen molar-refractivity contribution in [3.63, 3.8) is 0 Å². The maximum absolute atomic E-state index is 12.9. The molecule has 0 aliphatic carbocycles. The molecule has 3 rings (SSSR count). The molecule has 37 heavy (non-hydrogen) atoms. The lowest BCUT2D eigenvalue weighted by Crippen LogP contribution is -2.50. The molecule has 0 bridgehead atoms. The van der Waals surface area contributed by atoms with E-state index >= 15 is 0 Å². The summed E-state index contributed by atoms with van der Waals surface area (Å²) in [5.41, 5.74) is -0.555. The summed E-state index contributed by atoms with van der Waals surface area (Å²) >= 11 is 1.64. The van der Waals surface area contributed by atoms with E-state index < -0.39 is 36.1 Å². The van der Waals surface area contributed by atoms with Crippen molar-refractivity contribution in [2.24, 2.45) is 5.92 Å². The standard InChI is InChI=1S/C26H43BN4O5S/c1-18(30-23(33)34-24(2,3)4)21(32)31-13-9-11-19(17-31)12-10-14-37-22-28-15-20(16-29-22)27-35-25(5,6)26(7,8)36-27/h15-16,18-19H,9-14,17H2,1-8H3,(H,30,33)/t18-,19-/m0/s1. The number of nitrogens with zero attached hydrogens (tertiary/aromatic N) is 3. The fourth-order valence-electron chi connectivity index (χ4n) is 4.36.